The van der Waals surface area contributed by atoms with Crippen LogP contribution >= 0.6 is 11.6 Å². The van der Waals surface area contributed by atoms with Crippen LogP contribution in [-0.2, 0) is 11.8 Å². The van der Waals surface area contributed by atoms with Crippen LogP contribution in [0, 0.1) is 0 Å². The summed E-state index contributed by atoms with van der Waals surface area (Å²) in [4.78, 5) is 8.78. The Kier molecular flexibility index (Phi) is 3.01. The van der Waals surface area contributed by atoms with Gasteiger partial charge in [-0.25, -0.2) is 9.97 Å². The van der Waals surface area contributed by atoms with Crippen molar-refractivity contribution in [3.8, 4) is 11.3 Å². The average Bonchev–Trinajstić information content (AvgIpc) is 2.98. The molecule has 0 radical (unpaired) electrons. The van der Waals surface area contributed by atoms with Gasteiger partial charge in [0.15, 0.2) is 5.82 Å². The summed E-state index contributed by atoms with van der Waals surface area (Å²) in [6, 6.07) is 1.75. The molecule has 1 aliphatic rings. The fourth-order valence-corrected chi connectivity index (χ4v) is 2.25. The van der Waals surface area contributed by atoms with Gasteiger partial charge in [0, 0.05) is 31.5 Å². The van der Waals surface area contributed by atoms with Crippen molar-refractivity contribution >= 4 is 11.6 Å². The maximum absolute atomic E-state index is 6.05. The van der Waals surface area contributed by atoms with Crippen molar-refractivity contribution in [2.75, 3.05) is 6.61 Å². The molecule has 94 valence electrons. The molecule has 2 aromatic heterocycles. The predicted molar refractivity (Wildman–Crippen MR) is 67.2 cm³/mol. The van der Waals surface area contributed by atoms with Gasteiger partial charge in [0.05, 0.1) is 11.9 Å². The number of ether oxygens (including phenoxy) is 1. The quantitative estimate of drug-likeness (QED) is 0.782. The molecule has 3 heterocycles. The van der Waals surface area contributed by atoms with Crippen molar-refractivity contribution in [1.29, 1.82) is 0 Å². The van der Waals surface area contributed by atoms with Gasteiger partial charge in [0.1, 0.15) is 11.3 Å². The summed E-state index contributed by atoms with van der Waals surface area (Å²) in [5.41, 5.74) is 1.72. The Morgan fingerprint density at radius 2 is 2.33 bits per heavy atom. The molecule has 0 bridgehead atoms. The summed E-state index contributed by atoms with van der Waals surface area (Å²) in [5.74, 6) is 0.666. The number of rotatable bonds is 2. The van der Waals surface area contributed by atoms with Crippen LogP contribution in [-0.4, -0.2) is 26.4 Å². The highest BCUT2D eigenvalue weighted by Crippen LogP contribution is 2.28. The third-order valence-electron chi connectivity index (χ3n) is 2.93. The van der Waals surface area contributed by atoms with Gasteiger partial charge in [-0.2, -0.15) is 5.10 Å². The van der Waals surface area contributed by atoms with Crippen molar-refractivity contribution in [3.05, 3.63) is 29.4 Å². The molecule has 0 aromatic carbocycles. The van der Waals surface area contributed by atoms with Crippen molar-refractivity contribution in [1.82, 2.24) is 19.7 Å². The number of nitrogens with zero attached hydrogens (tertiary/aromatic N) is 4. The summed E-state index contributed by atoms with van der Waals surface area (Å²) in [6.45, 7) is 0.767. The van der Waals surface area contributed by atoms with E-state index in [1.807, 2.05) is 13.2 Å². The van der Waals surface area contributed by atoms with Crippen molar-refractivity contribution in [3.63, 3.8) is 0 Å². The van der Waals surface area contributed by atoms with Gasteiger partial charge in [-0.05, 0) is 12.8 Å². The Bertz CT molecular complexity index is 563. The van der Waals surface area contributed by atoms with E-state index >= 15 is 0 Å². The first-order chi connectivity index (χ1) is 8.72. The highest BCUT2D eigenvalue weighted by molar-refractivity contribution is 6.29. The molecule has 18 heavy (non-hydrogen) atoms. The Balaban J connectivity index is 1.99. The molecular weight excluding hydrogens is 252 g/mol. The van der Waals surface area contributed by atoms with Gasteiger partial charge >= 0.3 is 0 Å². The zero-order valence-electron chi connectivity index (χ0n) is 10.0. The minimum absolute atomic E-state index is 0.0286. The summed E-state index contributed by atoms with van der Waals surface area (Å²) in [5, 5.41) is 4.57. The first kappa shape index (κ1) is 11.6. The molecule has 6 heteroatoms. The van der Waals surface area contributed by atoms with Gasteiger partial charge in [0.25, 0.3) is 0 Å². The van der Waals surface area contributed by atoms with Gasteiger partial charge in [0.2, 0.25) is 0 Å². The zero-order chi connectivity index (χ0) is 12.5. The smallest absolute Gasteiger partial charge is 0.159 e. The molecule has 0 N–H and O–H groups in total. The van der Waals surface area contributed by atoms with E-state index < -0.39 is 0 Å². The van der Waals surface area contributed by atoms with E-state index in [1.165, 1.54) is 0 Å². The number of halogens is 1. The fourth-order valence-electron chi connectivity index (χ4n) is 2.06. The van der Waals surface area contributed by atoms with Crippen LogP contribution < -0.4 is 0 Å². The molecule has 5 nitrogen and oxygen atoms in total. The van der Waals surface area contributed by atoms with E-state index in [1.54, 1.807) is 16.9 Å². The van der Waals surface area contributed by atoms with E-state index in [0.717, 1.165) is 30.7 Å². The van der Waals surface area contributed by atoms with Gasteiger partial charge in [-0.1, -0.05) is 11.6 Å². The summed E-state index contributed by atoms with van der Waals surface area (Å²) >= 11 is 6.05. The molecule has 1 saturated heterocycles. The highest BCUT2D eigenvalue weighted by atomic mass is 35.5. The Hall–Kier alpha value is -1.46. The van der Waals surface area contributed by atoms with Gasteiger partial charge < -0.3 is 4.74 Å². The Labute approximate surface area is 110 Å². The molecule has 1 atom stereocenters. The van der Waals surface area contributed by atoms with E-state index in [9.17, 15) is 0 Å². The summed E-state index contributed by atoms with van der Waals surface area (Å²) < 4.78 is 7.32. The Morgan fingerprint density at radius 3 is 3.00 bits per heavy atom. The Morgan fingerprint density at radius 1 is 1.44 bits per heavy atom. The molecule has 1 unspecified atom stereocenters. The van der Waals surface area contributed by atoms with Crippen LogP contribution in [0.4, 0.5) is 0 Å². The second-order valence-electron chi connectivity index (χ2n) is 4.34. The number of hydrogen-bond acceptors (Lipinski definition) is 4. The lowest BCUT2D eigenvalue weighted by Crippen LogP contribution is -2.04. The second kappa shape index (κ2) is 4.66. The lowest BCUT2D eigenvalue weighted by Gasteiger charge is -2.09. The zero-order valence-corrected chi connectivity index (χ0v) is 10.8. The van der Waals surface area contributed by atoms with E-state index in [4.69, 9.17) is 16.3 Å². The van der Waals surface area contributed by atoms with Crippen molar-refractivity contribution in [2.45, 2.75) is 18.9 Å². The van der Waals surface area contributed by atoms with Gasteiger partial charge in [-0.3, -0.25) is 4.68 Å². The minimum Gasteiger partial charge on any atom is -0.370 e. The maximum Gasteiger partial charge on any atom is 0.159 e. The predicted octanol–water partition coefficient (Wildman–Crippen LogP) is 2.38. The molecule has 3 rings (SSSR count). The van der Waals surface area contributed by atoms with Crippen LogP contribution in [0.2, 0.25) is 5.15 Å². The molecule has 2 aromatic rings. The van der Waals surface area contributed by atoms with E-state index in [2.05, 4.69) is 15.1 Å². The number of hydrogen-bond donors (Lipinski definition) is 0. The lowest BCUT2D eigenvalue weighted by molar-refractivity contribution is 0.105. The van der Waals surface area contributed by atoms with E-state index in [0.29, 0.717) is 11.0 Å². The van der Waals surface area contributed by atoms with Crippen LogP contribution in [0.5, 0.6) is 0 Å². The highest BCUT2D eigenvalue weighted by Gasteiger charge is 2.21. The third kappa shape index (κ3) is 2.23. The maximum atomic E-state index is 6.05. The molecule has 1 fully saturated rings. The standard InChI is InChI=1S/C12H13ClN4O/c1-17-7-8(6-14-17)9-5-11(13)16-12(15-9)10-3-2-4-18-10/h5-7,10H,2-4H2,1H3. The topological polar surface area (TPSA) is 52.8 Å². The number of aryl methyl sites for hydroxylation is 1. The normalized spacial score (nSPS) is 19.3. The average molecular weight is 265 g/mol. The third-order valence-corrected chi connectivity index (χ3v) is 3.12. The van der Waals surface area contributed by atoms with Crippen molar-refractivity contribution < 1.29 is 4.74 Å². The van der Waals surface area contributed by atoms with Crippen molar-refractivity contribution in [2.24, 2.45) is 7.05 Å². The molecule has 0 saturated carbocycles. The van der Waals surface area contributed by atoms with Crippen LogP contribution in [0.25, 0.3) is 11.3 Å². The van der Waals surface area contributed by atoms with Crippen LogP contribution in [0.3, 0.4) is 0 Å². The van der Waals surface area contributed by atoms with E-state index in [-0.39, 0.29) is 6.10 Å². The second-order valence-corrected chi connectivity index (χ2v) is 4.73. The molecule has 1 aliphatic heterocycles. The summed E-state index contributed by atoms with van der Waals surface area (Å²) in [7, 11) is 1.87. The number of aromatic nitrogens is 4. The SMILES string of the molecule is Cn1cc(-c2cc(Cl)nc(C3CCCO3)n2)cn1. The molecular formula is C12H13ClN4O. The summed E-state index contributed by atoms with van der Waals surface area (Å²) in [6.07, 6.45) is 5.63. The monoisotopic (exact) mass is 264 g/mol. The minimum atomic E-state index is -0.0286. The first-order valence-corrected chi connectivity index (χ1v) is 6.25. The molecule has 0 aliphatic carbocycles. The van der Waals surface area contributed by atoms with Crippen LogP contribution in [0.1, 0.15) is 24.8 Å². The van der Waals surface area contributed by atoms with Gasteiger partial charge in [-0.15, -0.1) is 0 Å². The fraction of sp³-hybridized carbons (Fsp3) is 0.417. The molecule has 0 spiro atoms. The largest absolute Gasteiger partial charge is 0.370 e. The first-order valence-electron chi connectivity index (χ1n) is 5.87. The molecule has 0 amide bonds. The van der Waals surface area contributed by atoms with Crippen LogP contribution in [0.15, 0.2) is 18.5 Å². The lowest BCUT2D eigenvalue weighted by atomic mass is 10.2.